The van der Waals surface area contributed by atoms with Crippen LogP contribution in [0.5, 0.6) is 0 Å². The summed E-state index contributed by atoms with van der Waals surface area (Å²) in [7, 11) is 4.27. The van der Waals surface area contributed by atoms with Crippen molar-refractivity contribution in [2.24, 2.45) is 5.84 Å². The molecule has 0 aliphatic heterocycles. The van der Waals surface area contributed by atoms with Crippen molar-refractivity contribution in [1.82, 2.24) is 19.9 Å². The van der Waals surface area contributed by atoms with Crippen molar-refractivity contribution in [2.45, 2.75) is 64.6 Å². The summed E-state index contributed by atoms with van der Waals surface area (Å²) >= 11 is 0. The Hall–Kier alpha value is -0.910. The van der Waals surface area contributed by atoms with Gasteiger partial charge in [0.15, 0.2) is 0 Å². The van der Waals surface area contributed by atoms with Crippen molar-refractivity contribution < 1.29 is 0 Å². The second kappa shape index (κ2) is 7.76. The highest BCUT2D eigenvalue weighted by Crippen LogP contribution is 2.27. The molecule has 5 nitrogen and oxygen atoms in total. The summed E-state index contributed by atoms with van der Waals surface area (Å²) in [6, 6.07) is 0.186. The number of likely N-dealkylation sites (N-methyl/N-ethyl adjacent to an activating group) is 1. The molecule has 0 fully saturated rings. The van der Waals surface area contributed by atoms with Gasteiger partial charge < -0.3 is 9.47 Å². The van der Waals surface area contributed by atoms with Crippen LogP contribution in [-0.2, 0) is 13.0 Å². The molecule has 0 bridgehead atoms. The topological polar surface area (TPSA) is 59.1 Å². The average molecular weight is 281 g/mol. The number of imidazole rings is 1. The van der Waals surface area contributed by atoms with Gasteiger partial charge in [-0.3, -0.25) is 11.3 Å². The number of nitrogens with zero attached hydrogens (tertiary/aromatic N) is 3. The third kappa shape index (κ3) is 3.40. The van der Waals surface area contributed by atoms with E-state index in [1.807, 2.05) is 6.20 Å². The molecule has 0 aliphatic rings. The fraction of sp³-hybridized carbons (Fsp3) is 0.800. The first-order valence-corrected chi connectivity index (χ1v) is 7.69. The van der Waals surface area contributed by atoms with Gasteiger partial charge in [-0.25, -0.2) is 4.98 Å². The Morgan fingerprint density at radius 3 is 2.45 bits per heavy atom. The standard InChI is InChI=1S/C15H31N5/c1-6-10-20-11-9-17-14(20)12-13(18-16)15(7-2,8-3)19(4)5/h9,11,13,18H,6-8,10,12,16H2,1-5H3. The maximum absolute atomic E-state index is 5.87. The number of aromatic nitrogens is 2. The lowest BCUT2D eigenvalue weighted by atomic mass is 9.81. The molecule has 0 amide bonds. The molecule has 20 heavy (non-hydrogen) atoms. The lowest BCUT2D eigenvalue weighted by molar-refractivity contribution is 0.0869. The first-order chi connectivity index (χ1) is 9.55. The third-order valence-electron chi connectivity index (χ3n) is 4.62. The van der Waals surface area contributed by atoms with E-state index in [0.29, 0.717) is 0 Å². The van der Waals surface area contributed by atoms with Crippen LogP contribution in [0.4, 0.5) is 0 Å². The van der Waals surface area contributed by atoms with Gasteiger partial charge in [0.05, 0.1) is 0 Å². The first-order valence-electron chi connectivity index (χ1n) is 7.69. The Bertz CT molecular complexity index is 381. The summed E-state index contributed by atoms with van der Waals surface area (Å²) in [4.78, 5) is 6.81. The van der Waals surface area contributed by atoms with E-state index < -0.39 is 0 Å². The van der Waals surface area contributed by atoms with Crippen LogP contribution in [0.15, 0.2) is 12.4 Å². The van der Waals surface area contributed by atoms with E-state index in [1.54, 1.807) is 0 Å². The maximum Gasteiger partial charge on any atom is 0.110 e. The SMILES string of the molecule is CCCn1ccnc1CC(NN)C(CC)(CC)N(C)C. The fourth-order valence-electron chi connectivity index (χ4n) is 3.25. The average Bonchev–Trinajstić information content (AvgIpc) is 2.86. The van der Waals surface area contributed by atoms with E-state index in [0.717, 1.165) is 38.1 Å². The molecule has 0 saturated carbocycles. The summed E-state index contributed by atoms with van der Waals surface area (Å²) in [5.41, 5.74) is 3.09. The highest BCUT2D eigenvalue weighted by atomic mass is 15.3. The molecule has 1 aromatic heterocycles. The van der Waals surface area contributed by atoms with E-state index in [-0.39, 0.29) is 11.6 Å². The number of nitrogens with one attached hydrogen (secondary N) is 1. The molecule has 0 aliphatic carbocycles. The molecule has 5 heteroatoms. The number of hydrogen-bond acceptors (Lipinski definition) is 4. The quantitative estimate of drug-likeness (QED) is 0.535. The Kier molecular flexibility index (Phi) is 6.65. The number of hydrazine groups is 1. The van der Waals surface area contributed by atoms with E-state index >= 15 is 0 Å². The number of aryl methyl sites for hydroxylation is 1. The molecule has 0 radical (unpaired) electrons. The Labute approximate surface area is 123 Å². The number of hydrogen-bond donors (Lipinski definition) is 2. The van der Waals surface area contributed by atoms with E-state index in [2.05, 4.69) is 60.9 Å². The van der Waals surface area contributed by atoms with E-state index in [1.165, 1.54) is 0 Å². The zero-order valence-electron chi connectivity index (χ0n) is 13.7. The minimum Gasteiger partial charge on any atom is -0.335 e. The summed E-state index contributed by atoms with van der Waals surface area (Å²) in [5.74, 6) is 6.99. The molecule has 1 atom stereocenters. The molecule has 3 N–H and O–H groups in total. The van der Waals surface area contributed by atoms with Crippen LogP contribution in [0.2, 0.25) is 0 Å². The number of rotatable bonds is 9. The molecule has 1 heterocycles. The molecule has 116 valence electrons. The van der Waals surface area contributed by atoms with Crippen molar-refractivity contribution in [3.8, 4) is 0 Å². The van der Waals surface area contributed by atoms with Crippen molar-refractivity contribution in [2.75, 3.05) is 14.1 Å². The zero-order valence-corrected chi connectivity index (χ0v) is 13.7. The van der Waals surface area contributed by atoms with Crippen molar-refractivity contribution in [3.05, 3.63) is 18.2 Å². The van der Waals surface area contributed by atoms with Crippen LogP contribution < -0.4 is 11.3 Å². The predicted octanol–water partition coefficient (Wildman–Crippen LogP) is 1.79. The van der Waals surface area contributed by atoms with Crippen molar-refractivity contribution >= 4 is 0 Å². The third-order valence-corrected chi connectivity index (χ3v) is 4.62. The first kappa shape index (κ1) is 17.1. The van der Waals surface area contributed by atoms with Crippen LogP contribution in [-0.4, -0.2) is 40.1 Å². The highest BCUT2D eigenvalue weighted by Gasteiger charge is 2.37. The van der Waals surface area contributed by atoms with E-state index in [4.69, 9.17) is 5.84 Å². The Morgan fingerprint density at radius 2 is 2.00 bits per heavy atom. The lowest BCUT2D eigenvalue weighted by Crippen LogP contribution is -2.61. The largest absolute Gasteiger partial charge is 0.335 e. The van der Waals surface area contributed by atoms with Gasteiger partial charge in [0, 0.05) is 36.9 Å². The van der Waals surface area contributed by atoms with Crippen molar-refractivity contribution in [3.63, 3.8) is 0 Å². The van der Waals surface area contributed by atoms with Crippen LogP contribution >= 0.6 is 0 Å². The van der Waals surface area contributed by atoms with Gasteiger partial charge in [-0.05, 0) is 33.4 Å². The smallest absolute Gasteiger partial charge is 0.110 e. The van der Waals surface area contributed by atoms with Crippen molar-refractivity contribution in [1.29, 1.82) is 0 Å². The molecule has 0 spiro atoms. The molecular weight excluding hydrogens is 250 g/mol. The van der Waals surface area contributed by atoms with Crippen LogP contribution in [0.25, 0.3) is 0 Å². The summed E-state index contributed by atoms with van der Waals surface area (Å²) < 4.78 is 2.23. The maximum atomic E-state index is 5.87. The van der Waals surface area contributed by atoms with Crippen LogP contribution in [0.1, 0.15) is 45.9 Å². The Morgan fingerprint density at radius 1 is 1.35 bits per heavy atom. The summed E-state index contributed by atoms with van der Waals surface area (Å²) in [6.07, 6.45) is 8.02. The van der Waals surface area contributed by atoms with Gasteiger partial charge in [0.2, 0.25) is 0 Å². The molecule has 1 rings (SSSR count). The minimum absolute atomic E-state index is 0.0533. The normalized spacial score (nSPS) is 13.9. The summed E-state index contributed by atoms with van der Waals surface area (Å²) in [5, 5.41) is 0. The molecule has 1 aromatic rings. The number of nitrogens with two attached hydrogens (primary N) is 1. The van der Waals surface area contributed by atoms with Gasteiger partial charge in [-0.15, -0.1) is 0 Å². The second-order valence-corrected chi connectivity index (χ2v) is 5.67. The lowest BCUT2D eigenvalue weighted by Gasteiger charge is -2.44. The van der Waals surface area contributed by atoms with Crippen LogP contribution in [0, 0.1) is 0 Å². The molecule has 1 unspecified atom stereocenters. The molecule has 0 saturated heterocycles. The monoisotopic (exact) mass is 281 g/mol. The van der Waals surface area contributed by atoms with Gasteiger partial charge in [0.1, 0.15) is 5.82 Å². The van der Waals surface area contributed by atoms with Gasteiger partial charge >= 0.3 is 0 Å². The molecule has 0 aromatic carbocycles. The van der Waals surface area contributed by atoms with Crippen LogP contribution in [0.3, 0.4) is 0 Å². The minimum atomic E-state index is 0.0533. The fourth-order valence-corrected chi connectivity index (χ4v) is 3.25. The van der Waals surface area contributed by atoms with Gasteiger partial charge in [0.25, 0.3) is 0 Å². The van der Waals surface area contributed by atoms with Gasteiger partial charge in [-0.2, -0.15) is 0 Å². The molecular formula is C15H31N5. The summed E-state index contributed by atoms with van der Waals surface area (Å²) in [6.45, 7) is 7.66. The van der Waals surface area contributed by atoms with E-state index in [9.17, 15) is 0 Å². The second-order valence-electron chi connectivity index (χ2n) is 5.67. The predicted molar refractivity (Wildman–Crippen MR) is 84.3 cm³/mol. The highest BCUT2D eigenvalue weighted by molar-refractivity contribution is 5.04. The van der Waals surface area contributed by atoms with Gasteiger partial charge in [-0.1, -0.05) is 20.8 Å². The zero-order chi connectivity index (χ0) is 15.2. The Balaban J connectivity index is 2.97.